The molecule has 1 saturated carbocycles. The van der Waals surface area contributed by atoms with Crippen molar-refractivity contribution in [3.8, 4) is 0 Å². The minimum absolute atomic E-state index is 0.0119. The van der Waals surface area contributed by atoms with Crippen LogP contribution in [0.15, 0.2) is 24.3 Å². The maximum Gasteiger partial charge on any atom is 0.339 e. The number of carbonyl (C=O) groups excluding carboxylic acids is 1. The average molecular weight is 342 g/mol. The zero-order valence-electron chi connectivity index (χ0n) is 14.0. The first-order valence-electron chi connectivity index (χ1n) is 7.93. The molecule has 0 aromatic carbocycles. The van der Waals surface area contributed by atoms with Gasteiger partial charge in [0.2, 0.25) is 0 Å². The van der Waals surface area contributed by atoms with Gasteiger partial charge in [-0.15, -0.1) is 0 Å². The molecule has 25 heavy (non-hydrogen) atoms. The van der Waals surface area contributed by atoms with E-state index in [9.17, 15) is 14.9 Å². The lowest BCUT2D eigenvalue weighted by Crippen LogP contribution is -2.10. The number of nitrogens with one attached hydrogen (secondary N) is 1. The molecule has 8 heteroatoms. The van der Waals surface area contributed by atoms with E-state index >= 15 is 0 Å². The Balaban J connectivity index is 1.75. The van der Waals surface area contributed by atoms with Gasteiger partial charge in [-0.1, -0.05) is 0 Å². The third kappa shape index (κ3) is 3.73. The molecule has 0 aliphatic heterocycles. The normalized spacial score (nSPS) is 13.4. The topological polar surface area (TPSA) is 107 Å². The highest BCUT2D eigenvalue weighted by Crippen LogP contribution is 2.40. The van der Waals surface area contributed by atoms with Gasteiger partial charge in [0.25, 0.3) is 5.69 Å². The monoisotopic (exact) mass is 342 g/mol. The van der Waals surface area contributed by atoms with Crippen molar-refractivity contribution in [3.63, 3.8) is 0 Å². The maximum absolute atomic E-state index is 11.8. The number of hydrogen-bond donors (Lipinski definition) is 1. The van der Waals surface area contributed by atoms with Crippen molar-refractivity contribution in [2.75, 3.05) is 12.4 Å². The third-order valence-corrected chi connectivity index (χ3v) is 4.06. The van der Waals surface area contributed by atoms with Gasteiger partial charge in [0.1, 0.15) is 11.5 Å². The average Bonchev–Trinajstić information content (AvgIpc) is 3.43. The molecular formula is C17H18N4O4. The quantitative estimate of drug-likeness (QED) is 0.488. The van der Waals surface area contributed by atoms with Crippen LogP contribution in [-0.2, 0) is 11.3 Å². The molecule has 1 aliphatic carbocycles. The molecule has 2 aromatic heterocycles. The molecular weight excluding hydrogens is 324 g/mol. The van der Waals surface area contributed by atoms with Gasteiger partial charge in [0, 0.05) is 12.0 Å². The first-order valence-corrected chi connectivity index (χ1v) is 7.93. The molecule has 0 bridgehead atoms. The number of rotatable bonds is 6. The van der Waals surface area contributed by atoms with Gasteiger partial charge in [0.05, 0.1) is 35.5 Å². The summed E-state index contributed by atoms with van der Waals surface area (Å²) in [4.78, 5) is 31.0. The van der Waals surface area contributed by atoms with Crippen molar-refractivity contribution in [2.24, 2.45) is 0 Å². The third-order valence-electron chi connectivity index (χ3n) is 4.06. The SMILES string of the molecule is COC(=O)c1ccc(CNc2ccc([N+](=O)[O-])c(C)n2)nc1C1CC1. The Hall–Kier alpha value is -3.03. The zero-order valence-corrected chi connectivity index (χ0v) is 14.0. The molecule has 1 fully saturated rings. The summed E-state index contributed by atoms with van der Waals surface area (Å²) in [7, 11) is 1.36. The van der Waals surface area contributed by atoms with Crippen LogP contribution in [0.5, 0.6) is 0 Å². The highest BCUT2D eigenvalue weighted by atomic mass is 16.6. The molecule has 0 unspecified atom stereocenters. The highest BCUT2D eigenvalue weighted by molar-refractivity contribution is 5.90. The molecule has 0 radical (unpaired) electrons. The zero-order chi connectivity index (χ0) is 18.0. The molecule has 1 N–H and O–H groups in total. The number of pyridine rings is 2. The van der Waals surface area contributed by atoms with Crippen molar-refractivity contribution in [1.29, 1.82) is 0 Å². The predicted octanol–water partition coefficient (Wildman–Crippen LogP) is 2.97. The second-order valence-corrected chi connectivity index (χ2v) is 5.91. The van der Waals surface area contributed by atoms with Crippen molar-refractivity contribution in [2.45, 2.75) is 32.2 Å². The van der Waals surface area contributed by atoms with Gasteiger partial charge < -0.3 is 10.1 Å². The summed E-state index contributed by atoms with van der Waals surface area (Å²) in [5.41, 5.74) is 2.40. The molecule has 8 nitrogen and oxygen atoms in total. The Bertz CT molecular complexity index is 833. The van der Waals surface area contributed by atoms with E-state index < -0.39 is 4.92 Å². The largest absolute Gasteiger partial charge is 0.465 e. The summed E-state index contributed by atoms with van der Waals surface area (Å²) in [6, 6.07) is 6.49. The summed E-state index contributed by atoms with van der Waals surface area (Å²) in [5, 5.41) is 13.9. The van der Waals surface area contributed by atoms with Gasteiger partial charge in [-0.2, -0.15) is 0 Å². The van der Waals surface area contributed by atoms with Crippen LogP contribution in [-0.4, -0.2) is 28.0 Å². The van der Waals surface area contributed by atoms with Crippen LogP contribution < -0.4 is 5.32 Å². The summed E-state index contributed by atoms with van der Waals surface area (Å²) in [6.07, 6.45) is 2.05. The van der Waals surface area contributed by atoms with E-state index in [2.05, 4.69) is 15.3 Å². The minimum atomic E-state index is -0.457. The fraction of sp³-hybridized carbons (Fsp3) is 0.353. The number of ether oxygens (including phenoxy) is 1. The first kappa shape index (κ1) is 16.8. The number of nitro groups is 1. The number of nitrogens with zero attached hydrogens (tertiary/aromatic N) is 3. The molecule has 130 valence electrons. The maximum atomic E-state index is 11.8. The lowest BCUT2D eigenvalue weighted by atomic mass is 10.1. The van der Waals surface area contributed by atoms with Crippen molar-refractivity contribution in [1.82, 2.24) is 9.97 Å². The predicted molar refractivity (Wildman–Crippen MR) is 90.5 cm³/mol. The van der Waals surface area contributed by atoms with Crippen LogP contribution in [0.1, 0.15) is 46.2 Å². The fourth-order valence-corrected chi connectivity index (χ4v) is 2.59. The Labute approximate surface area is 144 Å². The number of methoxy groups -OCH3 is 1. The second kappa shape index (κ2) is 6.84. The number of aromatic nitrogens is 2. The number of aryl methyl sites for hydroxylation is 1. The minimum Gasteiger partial charge on any atom is -0.465 e. The Morgan fingerprint density at radius 1 is 1.32 bits per heavy atom. The number of hydrogen-bond acceptors (Lipinski definition) is 7. The van der Waals surface area contributed by atoms with E-state index in [-0.39, 0.29) is 11.7 Å². The fourth-order valence-electron chi connectivity index (χ4n) is 2.59. The van der Waals surface area contributed by atoms with Gasteiger partial charge in [-0.3, -0.25) is 15.1 Å². The first-order chi connectivity index (χ1) is 12.0. The van der Waals surface area contributed by atoms with Crippen LogP contribution in [0.2, 0.25) is 0 Å². The van der Waals surface area contributed by atoms with E-state index in [4.69, 9.17) is 4.74 Å². The van der Waals surface area contributed by atoms with Crippen LogP contribution in [0.3, 0.4) is 0 Å². The van der Waals surface area contributed by atoms with Gasteiger partial charge >= 0.3 is 5.97 Å². The molecule has 2 aromatic rings. The van der Waals surface area contributed by atoms with Crippen molar-refractivity contribution < 1.29 is 14.5 Å². The summed E-state index contributed by atoms with van der Waals surface area (Å²) >= 11 is 0. The van der Waals surface area contributed by atoms with E-state index in [0.29, 0.717) is 29.5 Å². The molecule has 0 saturated heterocycles. The summed E-state index contributed by atoms with van der Waals surface area (Å²) in [5.74, 6) is 0.477. The van der Waals surface area contributed by atoms with E-state index in [0.717, 1.165) is 24.2 Å². The lowest BCUT2D eigenvalue weighted by molar-refractivity contribution is -0.385. The van der Waals surface area contributed by atoms with Gasteiger partial charge in [-0.25, -0.2) is 9.78 Å². The molecule has 0 spiro atoms. The molecule has 1 aliphatic rings. The molecule has 0 amide bonds. The van der Waals surface area contributed by atoms with E-state index in [1.54, 1.807) is 25.1 Å². The van der Waals surface area contributed by atoms with Crippen LogP contribution >= 0.6 is 0 Å². The Morgan fingerprint density at radius 2 is 2.08 bits per heavy atom. The lowest BCUT2D eigenvalue weighted by Gasteiger charge is -2.10. The summed E-state index contributed by atoms with van der Waals surface area (Å²) in [6.45, 7) is 2.00. The van der Waals surface area contributed by atoms with Crippen LogP contribution in [0.25, 0.3) is 0 Å². The van der Waals surface area contributed by atoms with Gasteiger partial charge in [-0.05, 0) is 38.0 Å². The highest BCUT2D eigenvalue weighted by Gasteiger charge is 2.30. The van der Waals surface area contributed by atoms with Crippen molar-refractivity contribution >= 4 is 17.5 Å². The van der Waals surface area contributed by atoms with Gasteiger partial charge in [0.15, 0.2) is 0 Å². The van der Waals surface area contributed by atoms with E-state index in [1.807, 2.05) is 0 Å². The molecule has 3 rings (SSSR count). The Morgan fingerprint density at radius 3 is 2.68 bits per heavy atom. The standard InChI is InChI=1S/C17H18N4O4/c1-10-14(21(23)24)7-8-15(19-10)18-9-12-5-6-13(17(22)25-2)16(20-12)11-3-4-11/h5-8,11H,3-4,9H2,1-2H3,(H,18,19). The van der Waals surface area contributed by atoms with Crippen LogP contribution in [0.4, 0.5) is 11.5 Å². The smallest absolute Gasteiger partial charge is 0.339 e. The number of anilines is 1. The summed E-state index contributed by atoms with van der Waals surface area (Å²) < 4.78 is 4.81. The Kier molecular flexibility index (Phi) is 4.60. The molecule has 0 atom stereocenters. The van der Waals surface area contributed by atoms with Crippen LogP contribution in [0, 0.1) is 17.0 Å². The number of esters is 1. The second-order valence-electron chi connectivity index (χ2n) is 5.91. The number of carbonyl (C=O) groups is 1. The van der Waals surface area contributed by atoms with Crippen molar-refractivity contribution in [3.05, 3.63) is 57.0 Å². The van der Waals surface area contributed by atoms with E-state index in [1.165, 1.54) is 13.2 Å². The molecule has 2 heterocycles.